The molecule has 0 amide bonds. The van der Waals surface area contributed by atoms with E-state index in [2.05, 4.69) is 146 Å². The summed E-state index contributed by atoms with van der Waals surface area (Å²) in [6.45, 7) is 17.6. The van der Waals surface area contributed by atoms with Gasteiger partial charge in [0.1, 0.15) is 0 Å². The van der Waals surface area contributed by atoms with Crippen molar-refractivity contribution < 1.29 is 18.9 Å². The molecule has 2 heterocycles. The molecule has 53 heavy (non-hydrogen) atoms. The third-order valence-electron chi connectivity index (χ3n) is 9.64. The van der Waals surface area contributed by atoms with E-state index in [4.69, 9.17) is 30.5 Å². The number of aryl methyl sites for hydroxylation is 8. The maximum atomic E-state index is 6.68. The third-order valence-corrected chi connectivity index (χ3v) is 14.6. The summed E-state index contributed by atoms with van der Waals surface area (Å²) in [6.07, 6.45) is 0. The Balaban J connectivity index is 1.51. The largest absolute Gasteiger partial charge is 0.454 e. The molecule has 6 aromatic rings. The molecule has 7 heteroatoms. The monoisotopic (exact) mass is 756 g/mol. The molecule has 0 bridgehead atoms. The van der Waals surface area contributed by atoms with Crippen LogP contribution in [0.25, 0.3) is 11.1 Å². The first-order chi connectivity index (χ1) is 25.4. The van der Waals surface area contributed by atoms with Crippen LogP contribution >= 0.6 is 27.4 Å². The summed E-state index contributed by atoms with van der Waals surface area (Å²) in [5.74, 6) is 1.72. The number of rotatable bonds is 7. The molecule has 0 saturated carbocycles. The van der Waals surface area contributed by atoms with Crippen molar-refractivity contribution in [2.24, 2.45) is 0 Å². The van der Waals surface area contributed by atoms with Crippen molar-refractivity contribution in [2.75, 3.05) is 6.79 Å². The summed E-state index contributed by atoms with van der Waals surface area (Å²) >= 11 is 6.68. The van der Waals surface area contributed by atoms with Crippen molar-refractivity contribution in [2.45, 2.75) is 61.1 Å². The molecule has 0 spiro atoms. The van der Waals surface area contributed by atoms with Gasteiger partial charge in [0.25, 0.3) is 0 Å². The lowest BCUT2D eigenvalue weighted by Crippen LogP contribution is -2.27. The van der Waals surface area contributed by atoms with Gasteiger partial charge in [0.15, 0.2) is 23.0 Å². The van der Waals surface area contributed by atoms with Crippen LogP contribution in [0.4, 0.5) is 0 Å². The highest BCUT2D eigenvalue weighted by Crippen LogP contribution is 2.54. The lowest BCUT2D eigenvalue weighted by molar-refractivity contribution is 0.129. The van der Waals surface area contributed by atoms with Crippen molar-refractivity contribution >= 4 is 59.3 Å². The smallest absolute Gasteiger partial charge is 0.322 e. The van der Waals surface area contributed by atoms with Crippen LogP contribution in [0.2, 0.25) is 0 Å². The number of hydrogen-bond donors (Lipinski definition) is 0. The Labute approximate surface area is 320 Å². The van der Waals surface area contributed by atoms with Gasteiger partial charge in [0.05, 0.1) is 0 Å². The molecule has 0 aliphatic carbocycles. The normalized spacial score (nSPS) is 14.4. The Kier molecular flexibility index (Phi) is 9.53. The van der Waals surface area contributed by atoms with Gasteiger partial charge in [-0.25, -0.2) is 0 Å². The molecule has 2 aliphatic heterocycles. The number of alkyl halides is 1. The molecule has 2 aliphatic rings. The number of halogens is 1. The Morgan fingerprint density at radius 3 is 1.19 bits per heavy atom. The second kappa shape index (κ2) is 14.1. The van der Waals surface area contributed by atoms with E-state index in [9.17, 15) is 0 Å². The minimum Gasteiger partial charge on any atom is -0.454 e. The lowest BCUT2D eigenvalue weighted by atomic mass is 10.0. The molecule has 0 fully saturated rings. The lowest BCUT2D eigenvalue weighted by Gasteiger charge is -2.28. The zero-order valence-electron chi connectivity index (χ0n) is 31.4. The summed E-state index contributed by atoms with van der Waals surface area (Å²) in [7, 11) is -2.21. The average molecular weight is 757 g/mol. The molecular formula is C46H43ClO4P2. The second-order valence-electron chi connectivity index (χ2n) is 14.5. The molecule has 0 unspecified atom stereocenters. The van der Waals surface area contributed by atoms with Gasteiger partial charge in [-0.05, 0) is 139 Å². The predicted molar refractivity (Wildman–Crippen MR) is 224 cm³/mol. The van der Waals surface area contributed by atoms with E-state index in [-0.39, 0.29) is 6.79 Å². The quantitative estimate of drug-likeness (QED) is 0.120. The predicted octanol–water partition coefficient (Wildman–Crippen LogP) is 9.36. The summed E-state index contributed by atoms with van der Waals surface area (Å²) in [4.78, 5) is 0. The van der Waals surface area contributed by atoms with E-state index in [1.165, 1.54) is 65.7 Å². The van der Waals surface area contributed by atoms with E-state index in [0.717, 1.165) is 27.5 Å². The standard InChI is InChI=1S/C46H43ClO4P2/c1-26-13-27(2)18-34(17-26)52(35-19-28(3)14-29(4)20-35)40-11-9-38-44(49-25-48-38)42(40)43-41(12-10-39-45(43)51-46(47)50-39)53(36-21-30(5)15-31(6)22-36)37-23-32(7)16-33(8)24-37/h9-24,46H,25H2,1-8H3/t46-/m1/s1. The van der Waals surface area contributed by atoms with Crippen molar-refractivity contribution in [3.05, 3.63) is 142 Å². The van der Waals surface area contributed by atoms with Crippen molar-refractivity contribution in [1.29, 1.82) is 0 Å². The van der Waals surface area contributed by atoms with E-state index < -0.39 is 21.6 Å². The molecule has 1 atom stereocenters. The van der Waals surface area contributed by atoms with Gasteiger partial charge in [-0.2, -0.15) is 0 Å². The number of benzene rings is 6. The SMILES string of the molecule is Cc1cc(C)cc(P(c2cc(C)cc(C)c2)c2ccc3c(c2-c2c(P(c4cc(C)cc(C)c4)c4cc(C)cc(C)c4)ccc4c2O[C@H](Cl)O4)OCO3)c1. The van der Waals surface area contributed by atoms with Gasteiger partial charge in [-0.1, -0.05) is 117 Å². The highest BCUT2D eigenvalue weighted by Gasteiger charge is 2.37. The van der Waals surface area contributed by atoms with Gasteiger partial charge in [-0.3, -0.25) is 0 Å². The van der Waals surface area contributed by atoms with Crippen LogP contribution in [0.15, 0.2) is 97.1 Å². The molecule has 0 saturated heterocycles. The average Bonchev–Trinajstić information content (AvgIpc) is 3.69. The fraction of sp³-hybridized carbons (Fsp3) is 0.217. The minimum atomic E-state index is -1.11. The Morgan fingerprint density at radius 2 is 0.792 bits per heavy atom. The van der Waals surface area contributed by atoms with Crippen LogP contribution in [0.3, 0.4) is 0 Å². The van der Waals surface area contributed by atoms with Gasteiger partial charge in [0, 0.05) is 11.1 Å². The molecule has 6 aromatic carbocycles. The second-order valence-corrected chi connectivity index (χ2v) is 19.3. The molecule has 8 rings (SSSR count). The highest BCUT2D eigenvalue weighted by molar-refractivity contribution is 7.80. The van der Waals surface area contributed by atoms with Crippen LogP contribution < -0.4 is 50.8 Å². The highest BCUT2D eigenvalue weighted by atomic mass is 35.5. The van der Waals surface area contributed by atoms with Crippen LogP contribution in [0.1, 0.15) is 44.5 Å². The fourth-order valence-electron chi connectivity index (χ4n) is 7.97. The Hall–Kier alpha value is -4.33. The van der Waals surface area contributed by atoms with Crippen LogP contribution in [-0.4, -0.2) is 12.5 Å². The van der Waals surface area contributed by atoms with Gasteiger partial charge >= 0.3 is 5.75 Å². The summed E-state index contributed by atoms with van der Waals surface area (Å²) < 4.78 is 25.3. The molecule has 0 radical (unpaired) electrons. The number of hydrogen-bond acceptors (Lipinski definition) is 4. The van der Waals surface area contributed by atoms with Gasteiger partial charge in [-0.15, -0.1) is 0 Å². The summed E-state index contributed by atoms with van der Waals surface area (Å²) in [5.41, 5.74) is 11.7. The van der Waals surface area contributed by atoms with E-state index >= 15 is 0 Å². The first-order valence-corrected chi connectivity index (χ1v) is 21.0. The first kappa shape index (κ1) is 35.7. The zero-order valence-corrected chi connectivity index (χ0v) is 34.0. The van der Waals surface area contributed by atoms with Crippen molar-refractivity contribution in [3.63, 3.8) is 0 Å². The molecule has 268 valence electrons. The molecule has 0 N–H and O–H groups in total. The zero-order chi connectivity index (χ0) is 37.1. The number of fused-ring (bicyclic) bond motifs is 2. The van der Waals surface area contributed by atoms with E-state index in [0.29, 0.717) is 17.2 Å². The maximum Gasteiger partial charge on any atom is 0.322 e. The van der Waals surface area contributed by atoms with Gasteiger partial charge in [0.2, 0.25) is 6.79 Å². The molecule has 4 nitrogen and oxygen atoms in total. The summed E-state index contributed by atoms with van der Waals surface area (Å²) in [5, 5.41) is 7.38. The topological polar surface area (TPSA) is 36.9 Å². The molecule has 0 aromatic heterocycles. The minimum absolute atomic E-state index is 0.138. The number of ether oxygens (including phenoxy) is 4. The van der Waals surface area contributed by atoms with E-state index in [1.807, 2.05) is 6.07 Å². The molecular weight excluding hydrogens is 714 g/mol. The van der Waals surface area contributed by atoms with E-state index in [1.54, 1.807) is 0 Å². The van der Waals surface area contributed by atoms with Crippen molar-refractivity contribution in [3.8, 4) is 34.1 Å². The van der Waals surface area contributed by atoms with Crippen LogP contribution in [-0.2, 0) is 0 Å². The van der Waals surface area contributed by atoms with Crippen LogP contribution in [0, 0.1) is 55.4 Å². The maximum absolute atomic E-state index is 6.68. The first-order valence-electron chi connectivity index (χ1n) is 17.9. The van der Waals surface area contributed by atoms with Crippen LogP contribution in [0.5, 0.6) is 23.0 Å². The summed E-state index contributed by atoms with van der Waals surface area (Å²) in [6, 6.07) is 36.2. The third kappa shape index (κ3) is 6.94. The Morgan fingerprint density at radius 1 is 0.434 bits per heavy atom. The van der Waals surface area contributed by atoms with Gasteiger partial charge < -0.3 is 18.9 Å². The van der Waals surface area contributed by atoms with Crippen molar-refractivity contribution in [1.82, 2.24) is 0 Å². The Bertz CT molecular complexity index is 2240. The fourth-order valence-corrected chi connectivity index (χ4v) is 13.8.